The van der Waals surface area contributed by atoms with E-state index in [0.717, 1.165) is 6.54 Å². The Labute approximate surface area is 122 Å². The lowest BCUT2D eigenvalue weighted by molar-refractivity contribution is -0.123. The minimum Gasteiger partial charge on any atom is -0.306 e. The molecule has 0 amide bonds. The zero-order valence-electron chi connectivity index (χ0n) is 12.2. The van der Waals surface area contributed by atoms with Crippen LogP contribution in [0.15, 0.2) is 30.3 Å². The molecule has 1 atom stereocenters. The summed E-state index contributed by atoms with van der Waals surface area (Å²) in [4.78, 5) is 12.1. The first-order valence-corrected chi connectivity index (χ1v) is 8.13. The minimum absolute atomic E-state index is 0.0963. The Balaban J connectivity index is 1.96. The van der Waals surface area contributed by atoms with Gasteiger partial charge in [0.1, 0.15) is 5.78 Å². The van der Waals surface area contributed by atoms with Gasteiger partial charge >= 0.3 is 0 Å². The van der Waals surface area contributed by atoms with Crippen LogP contribution in [0.4, 0.5) is 0 Å². The molecular formula is C18H25NO. The standard InChI is InChI=1S/C18H25NO/c20-17-12-13-19-18(14-17,16-10-6-3-7-11-16)15-8-4-1-2-5-9-15/h3,6-7,10-11,15,19H,1-2,4-5,8-9,12-14H2. The van der Waals surface area contributed by atoms with Gasteiger partial charge in [0.25, 0.3) is 0 Å². The molecule has 1 aliphatic heterocycles. The topological polar surface area (TPSA) is 29.1 Å². The van der Waals surface area contributed by atoms with E-state index in [1.165, 1.54) is 44.1 Å². The van der Waals surface area contributed by atoms with E-state index in [4.69, 9.17) is 0 Å². The Morgan fingerprint density at radius 1 is 1.00 bits per heavy atom. The monoisotopic (exact) mass is 271 g/mol. The third-order valence-corrected chi connectivity index (χ3v) is 5.16. The van der Waals surface area contributed by atoms with Crippen molar-refractivity contribution in [1.29, 1.82) is 0 Å². The Hall–Kier alpha value is -1.15. The largest absolute Gasteiger partial charge is 0.306 e. The fourth-order valence-electron chi connectivity index (χ4n) is 4.12. The predicted molar refractivity (Wildman–Crippen MR) is 81.6 cm³/mol. The van der Waals surface area contributed by atoms with E-state index in [0.29, 0.717) is 24.5 Å². The molecule has 1 heterocycles. The minimum atomic E-state index is -0.0963. The summed E-state index contributed by atoms with van der Waals surface area (Å²) in [6.45, 7) is 0.838. The van der Waals surface area contributed by atoms with E-state index in [9.17, 15) is 4.79 Å². The molecule has 0 aromatic heterocycles. The fourth-order valence-corrected chi connectivity index (χ4v) is 4.12. The number of piperidine rings is 1. The number of ketones is 1. The number of carbonyl (C=O) groups is 1. The first kappa shape index (κ1) is 13.8. The number of benzene rings is 1. The van der Waals surface area contributed by atoms with Crippen LogP contribution in [0.25, 0.3) is 0 Å². The molecule has 108 valence electrons. The molecule has 1 aliphatic carbocycles. The van der Waals surface area contributed by atoms with Crippen molar-refractivity contribution in [2.24, 2.45) is 5.92 Å². The second-order valence-corrected chi connectivity index (χ2v) is 6.42. The van der Waals surface area contributed by atoms with Gasteiger partial charge in [0.2, 0.25) is 0 Å². The Morgan fingerprint density at radius 3 is 2.35 bits per heavy atom. The van der Waals surface area contributed by atoms with Gasteiger partial charge in [0.05, 0.1) is 5.54 Å². The number of hydrogen-bond acceptors (Lipinski definition) is 2. The quantitative estimate of drug-likeness (QED) is 0.829. The van der Waals surface area contributed by atoms with Crippen molar-refractivity contribution < 1.29 is 4.79 Å². The maximum atomic E-state index is 12.1. The first-order valence-electron chi connectivity index (χ1n) is 8.13. The average Bonchev–Trinajstić information content (AvgIpc) is 2.77. The third-order valence-electron chi connectivity index (χ3n) is 5.16. The number of rotatable bonds is 2. The normalized spacial score (nSPS) is 29.1. The van der Waals surface area contributed by atoms with Gasteiger partial charge in [-0.25, -0.2) is 0 Å². The van der Waals surface area contributed by atoms with E-state index >= 15 is 0 Å². The molecule has 1 unspecified atom stereocenters. The molecule has 1 aromatic rings. The molecule has 3 rings (SSSR count). The number of hydrogen-bond donors (Lipinski definition) is 1. The van der Waals surface area contributed by atoms with Crippen LogP contribution >= 0.6 is 0 Å². The maximum Gasteiger partial charge on any atom is 0.136 e. The molecule has 0 radical (unpaired) electrons. The Morgan fingerprint density at radius 2 is 1.70 bits per heavy atom. The van der Waals surface area contributed by atoms with Crippen molar-refractivity contribution in [1.82, 2.24) is 5.32 Å². The smallest absolute Gasteiger partial charge is 0.136 e. The molecular weight excluding hydrogens is 246 g/mol. The van der Waals surface area contributed by atoms with Crippen LogP contribution < -0.4 is 5.32 Å². The molecule has 2 nitrogen and oxygen atoms in total. The predicted octanol–water partition coefficient (Wildman–Crippen LogP) is 3.80. The number of nitrogens with one attached hydrogen (secondary N) is 1. The lowest BCUT2D eigenvalue weighted by Gasteiger charge is -2.44. The molecule has 1 saturated heterocycles. The summed E-state index contributed by atoms with van der Waals surface area (Å²) in [6.07, 6.45) is 9.24. The highest BCUT2D eigenvalue weighted by Gasteiger charge is 2.43. The van der Waals surface area contributed by atoms with Gasteiger partial charge in [-0.3, -0.25) is 4.79 Å². The van der Waals surface area contributed by atoms with E-state index in [2.05, 4.69) is 35.6 Å². The SMILES string of the molecule is O=C1CCNC(c2ccccc2)(C2CCCCCC2)C1. The molecule has 1 N–H and O–H groups in total. The van der Waals surface area contributed by atoms with Gasteiger partial charge in [-0.05, 0) is 24.3 Å². The summed E-state index contributed by atoms with van der Waals surface area (Å²) in [7, 11) is 0. The number of carbonyl (C=O) groups excluding carboxylic acids is 1. The molecule has 20 heavy (non-hydrogen) atoms. The summed E-state index contributed by atoms with van der Waals surface area (Å²) >= 11 is 0. The summed E-state index contributed by atoms with van der Waals surface area (Å²) in [5, 5.41) is 3.76. The van der Waals surface area contributed by atoms with Gasteiger partial charge in [-0.1, -0.05) is 56.0 Å². The average molecular weight is 271 g/mol. The lowest BCUT2D eigenvalue weighted by Crippen LogP contribution is -2.53. The van der Waals surface area contributed by atoms with Gasteiger partial charge in [0.15, 0.2) is 0 Å². The van der Waals surface area contributed by atoms with Crippen LogP contribution in [0.3, 0.4) is 0 Å². The van der Waals surface area contributed by atoms with E-state index in [1.807, 2.05) is 0 Å². The molecule has 2 aliphatic rings. The fraction of sp³-hybridized carbons (Fsp3) is 0.611. The first-order chi connectivity index (χ1) is 9.81. The zero-order chi connectivity index (χ0) is 13.8. The second-order valence-electron chi connectivity index (χ2n) is 6.42. The highest BCUT2D eigenvalue weighted by atomic mass is 16.1. The molecule has 2 heteroatoms. The van der Waals surface area contributed by atoms with Crippen molar-refractivity contribution in [2.75, 3.05) is 6.54 Å². The Bertz CT molecular complexity index is 448. The second kappa shape index (κ2) is 6.09. The zero-order valence-corrected chi connectivity index (χ0v) is 12.2. The van der Waals surface area contributed by atoms with Crippen LogP contribution in [0, 0.1) is 5.92 Å². The van der Waals surface area contributed by atoms with Crippen molar-refractivity contribution in [3.63, 3.8) is 0 Å². The highest BCUT2D eigenvalue weighted by Crippen LogP contribution is 2.42. The van der Waals surface area contributed by atoms with Crippen LogP contribution in [0.5, 0.6) is 0 Å². The van der Waals surface area contributed by atoms with Crippen molar-refractivity contribution >= 4 is 5.78 Å². The van der Waals surface area contributed by atoms with Crippen LogP contribution in [0.2, 0.25) is 0 Å². The van der Waals surface area contributed by atoms with E-state index in [1.54, 1.807) is 0 Å². The molecule has 0 bridgehead atoms. The van der Waals surface area contributed by atoms with Gasteiger partial charge in [0, 0.05) is 19.4 Å². The molecule has 1 saturated carbocycles. The van der Waals surface area contributed by atoms with Crippen molar-refractivity contribution in [2.45, 2.75) is 56.9 Å². The molecule has 2 fully saturated rings. The van der Waals surface area contributed by atoms with Crippen LogP contribution in [0.1, 0.15) is 56.9 Å². The molecule has 0 spiro atoms. The summed E-state index contributed by atoms with van der Waals surface area (Å²) in [5.74, 6) is 1.04. The van der Waals surface area contributed by atoms with E-state index < -0.39 is 0 Å². The third kappa shape index (κ3) is 2.67. The Kier molecular flexibility index (Phi) is 4.21. The highest BCUT2D eigenvalue weighted by molar-refractivity contribution is 5.81. The molecule has 1 aromatic carbocycles. The van der Waals surface area contributed by atoms with Gasteiger partial charge in [-0.2, -0.15) is 0 Å². The van der Waals surface area contributed by atoms with Crippen molar-refractivity contribution in [3.8, 4) is 0 Å². The lowest BCUT2D eigenvalue weighted by atomic mass is 9.69. The van der Waals surface area contributed by atoms with Crippen LogP contribution in [-0.2, 0) is 10.3 Å². The van der Waals surface area contributed by atoms with Crippen LogP contribution in [-0.4, -0.2) is 12.3 Å². The van der Waals surface area contributed by atoms with Crippen molar-refractivity contribution in [3.05, 3.63) is 35.9 Å². The maximum absolute atomic E-state index is 12.1. The summed E-state index contributed by atoms with van der Waals surface area (Å²) < 4.78 is 0. The summed E-state index contributed by atoms with van der Waals surface area (Å²) in [6, 6.07) is 10.7. The van der Waals surface area contributed by atoms with E-state index in [-0.39, 0.29) is 5.54 Å². The summed E-state index contributed by atoms with van der Waals surface area (Å²) in [5.41, 5.74) is 1.22. The number of Topliss-reactive ketones (excluding diaryl/α,β-unsaturated/α-hetero) is 1. The van der Waals surface area contributed by atoms with Gasteiger partial charge < -0.3 is 5.32 Å². The van der Waals surface area contributed by atoms with Gasteiger partial charge in [-0.15, -0.1) is 0 Å².